The van der Waals surface area contributed by atoms with Crippen LogP contribution in [0, 0.1) is 5.92 Å². The van der Waals surface area contributed by atoms with Crippen LogP contribution < -0.4 is 0 Å². The highest BCUT2D eigenvalue weighted by Gasteiger charge is 2.29. The number of rotatable bonds is 13. The van der Waals surface area contributed by atoms with E-state index >= 15 is 0 Å². The molecule has 116 valence electrons. The highest BCUT2D eigenvalue weighted by molar-refractivity contribution is 4.72. The van der Waals surface area contributed by atoms with Crippen LogP contribution in [0.5, 0.6) is 0 Å². The van der Waals surface area contributed by atoms with Crippen molar-refractivity contribution in [2.75, 3.05) is 0 Å². The van der Waals surface area contributed by atoms with Crippen LogP contribution in [-0.4, -0.2) is 16.0 Å². The molecule has 0 radical (unpaired) electrons. The van der Waals surface area contributed by atoms with Gasteiger partial charge in [-0.2, -0.15) is 0 Å². The SMILES string of the molecule is CCCCCCCC(C)C(O)(O)CCCCCCC. The molecule has 2 heteroatoms. The molecule has 0 saturated heterocycles. The number of hydrogen-bond donors (Lipinski definition) is 2. The molecule has 0 fully saturated rings. The lowest BCUT2D eigenvalue weighted by atomic mass is 9.90. The van der Waals surface area contributed by atoms with E-state index in [1.54, 1.807) is 0 Å². The second-order valence-corrected chi connectivity index (χ2v) is 6.15. The summed E-state index contributed by atoms with van der Waals surface area (Å²) in [5.41, 5.74) is 0. The first kappa shape index (κ1) is 18.9. The van der Waals surface area contributed by atoms with Crippen molar-refractivity contribution in [3.8, 4) is 0 Å². The summed E-state index contributed by atoms with van der Waals surface area (Å²) in [5, 5.41) is 20.2. The Morgan fingerprint density at radius 1 is 0.737 bits per heavy atom. The van der Waals surface area contributed by atoms with E-state index in [2.05, 4.69) is 13.8 Å². The van der Waals surface area contributed by atoms with E-state index in [1.807, 2.05) is 6.92 Å². The van der Waals surface area contributed by atoms with Crippen molar-refractivity contribution in [3.63, 3.8) is 0 Å². The third-order valence-electron chi connectivity index (χ3n) is 4.18. The third kappa shape index (κ3) is 10.4. The molecule has 0 amide bonds. The van der Waals surface area contributed by atoms with Crippen LogP contribution in [0.4, 0.5) is 0 Å². The molecule has 19 heavy (non-hydrogen) atoms. The highest BCUT2D eigenvalue weighted by atomic mass is 16.5. The first-order valence-corrected chi connectivity index (χ1v) is 8.49. The van der Waals surface area contributed by atoms with Crippen molar-refractivity contribution in [2.45, 2.75) is 104 Å². The lowest BCUT2D eigenvalue weighted by Crippen LogP contribution is -2.36. The molecule has 0 aromatic rings. The van der Waals surface area contributed by atoms with E-state index in [9.17, 15) is 10.2 Å². The molecule has 2 nitrogen and oxygen atoms in total. The zero-order valence-electron chi connectivity index (χ0n) is 13.5. The first-order valence-electron chi connectivity index (χ1n) is 8.49. The van der Waals surface area contributed by atoms with Gasteiger partial charge in [-0.05, 0) is 12.8 Å². The standard InChI is InChI=1S/C17H36O2/c1-4-6-8-10-12-14-16(3)17(18,19)15-13-11-9-7-5-2/h16,18-19H,4-15H2,1-3H3. The van der Waals surface area contributed by atoms with Crippen LogP contribution in [0.15, 0.2) is 0 Å². The van der Waals surface area contributed by atoms with Crippen LogP contribution >= 0.6 is 0 Å². The molecule has 2 N–H and O–H groups in total. The molecule has 1 atom stereocenters. The highest BCUT2D eigenvalue weighted by Crippen LogP contribution is 2.26. The fraction of sp³-hybridized carbons (Fsp3) is 1.00. The van der Waals surface area contributed by atoms with Crippen molar-refractivity contribution >= 4 is 0 Å². The minimum atomic E-state index is -1.45. The Balaban J connectivity index is 3.65. The summed E-state index contributed by atoms with van der Waals surface area (Å²) in [5.74, 6) is -1.45. The summed E-state index contributed by atoms with van der Waals surface area (Å²) in [4.78, 5) is 0. The van der Waals surface area contributed by atoms with E-state index in [0.29, 0.717) is 6.42 Å². The fourth-order valence-electron chi connectivity index (χ4n) is 2.52. The molecule has 0 bridgehead atoms. The van der Waals surface area contributed by atoms with Crippen LogP contribution in [-0.2, 0) is 0 Å². The van der Waals surface area contributed by atoms with E-state index in [4.69, 9.17) is 0 Å². The Kier molecular flexibility index (Phi) is 11.7. The van der Waals surface area contributed by atoms with Crippen LogP contribution in [0.25, 0.3) is 0 Å². The van der Waals surface area contributed by atoms with Gasteiger partial charge in [0, 0.05) is 12.3 Å². The largest absolute Gasteiger partial charge is 0.365 e. The molecule has 0 spiro atoms. The summed E-state index contributed by atoms with van der Waals surface area (Å²) < 4.78 is 0. The van der Waals surface area contributed by atoms with Crippen molar-refractivity contribution in [2.24, 2.45) is 5.92 Å². The Hall–Kier alpha value is -0.0800. The van der Waals surface area contributed by atoms with Gasteiger partial charge in [-0.1, -0.05) is 78.6 Å². The summed E-state index contributed by atoms with van der Waals surface area (Å²) in [7, 11) is 0. The van der Waals surface area contributed by atoms with E-state index in [0.717, 1.165) is 25.7 Å². The van der Waals surface area contributed by atoms with Gasteiger partial charge in [0.05, 0.1) is 0 Å². The molecular formula is C17H36O2. The Morgan fingerprint density at radius 3 is 1.74 bits per heavy atom. The summed E-state index contributed by atoms with van der Waals surface area (Å²) >= 11 is 0. The Labute approximate surface area is 120 Å². The maximum absolute atomic E-state index is 10.1. The summed E-state index contributed by atoms with van der Waals surface area (Å²) in [6.45, 7) is 6.39. The van der Waals surface area contributed by atoms with Crippen molar-refractivity contribution in [1.29, 1.82) is 0 Å². The molecule has 0 aliphatic rings. The number of aliphatic hydroxyl groups is 2. The molecule has 0 aliphatic heterocycles. The predicted molar refractivity (Wildman–Crippen MR) is 83.1 cm³/mol. The van der Waals surface area contributed by atoms with Gasteiger partial charge in [-0.25, -0.2) is 0 Å². The maximum atomic E-state index is 10.1. The zero-order valence-corrected chi connectivity index (χ0v) is 13.5. The van der Waals surface area contributed by atoms with E-state index < -0.39 is 5.79 Å². The molecule has 0 heterocycles. The quantitative estimate of drug-likeness (QED) is 0.365. The zero-order chi connectivity index (χ0) is 14.6. The third-order valence-corrected chi connectivity index (χ3v) is 4.18. The van der Waals surface area contributed by atoms with Crippen molar-refractivity contribution in [3.05, 3.63) is 0 Å². The minimum absolute atomic E-state index is 0.000279. The van der Waals surface area contributed by atoms with E-state index in [1.165, 1.54) is 44.9 Å². The molecule has 1 unspecified atom stereocenters. The predicted octanol–water partition coefficient (Wildman–Crippen LogP) is 5.02. The van der Waals surface area contributed by atoms with Gasteiger partial charge in [0.25, 0.3) is 0 Å². The van der Waals surface area contributed by atoms with Gasteiger partial charge in [-0.15, -0.1) is 0 Å². The minimum Gasteiger partial charge on any atom is -0.365 e. The van der Waals surface area contributed by atoms with E-state index in [-0.39, 0.29) is 5.92 Å². The molecule has 0 rings (SSSR count). The molecule has 0 aliphatic carbocycles. The Morgan fingerprint density at radius 2 is 1.21 bits per heavy atom. The van der Waals surface area contributed by atoms with Crippen molar-refractivity contribution in [1.82, 2.24) is 0 Å². The Bertz CT molecular complexity index is 190. The fourth-order valence-corrected chi connectivity index (χ4v) is 2.52. The molecular weight excluding hydrogens is 236 g/mol. The number of unbranched alkanes of at least 4 members (excludes halogenated alkanes) is 8. The first-order chi connectivity index (χ1) is 9.04. The second-order valence-electron chi connectivity index (χ2n) is 6.15. The normalized spacial score (nSPS) is 13.7. The average molecular weight is 272 g/mol. The van der Waals surface area contributed by atoms with Crippen LogP contribution in [0.2, 0.25) is 0 Å². The second kappa shape index (κ2) is 11.7. The van der Waals surface area contributed by atoms with Gasteiger partial charge in [0.2, 0.25) is 0 Å². The van der Waals surface area contributed by atoms with Gasteiger partial charge in [0.15, 0.2) is 5.79 Å². The van der Waals surface area contributed by atoms with Crippen molar-refractivity contribution < 1.29 is 10.2 Å². The average Bonchev–Trinajstić information content (AvgIpc) is 2.38. The lowest BCUT2D eigenvalue weighted by Gasteiger charge is -2.29. The summed E-state index contributed by atoms with van der Waals surface area (Å²) in [6.07, 6.45) is 13.4. The number of hydrogen-bond acceptors (Lipinski definition) is 2. The molecule has 0 saturated carbocycles. The van der Waals surface area contributed by atoms with Crippen LogP contribution in [0.3, 0.4) is 0 Å². The van der Waals surface area contributed by atoms with Crippen LogP contribution in [0.1, 0.15) is 97.8 Å². The summed E-state index contributed by atoms with van der Waals surface area (Å²) in [6, 6.07) is 0. The topological polar surface area (TPSA) is 40.5 Å². The monoisotopic (exact) mass is 272 g/mol. The van der Waals surface area contributed by atoms with Gasteiger partial charge < -0.3 is 10.2 Å². The molecule has 0 aromatic heterocycles. The van der Waals surface area contributed by atoms with Gasteiger partial charge in [-0.3, -0.25) is 0 Å². The lowest BCUT2D eigenvalue weighted by molar-refractivity contribution is -0.203. The maximum Gasteiger partial charge on any atom is 0.165 e. The molecule has 0 aromatic carbocycles. The smallest absolute Gasteiger partial charge is 0.165 e. The van der Waals surface area contributed by atoms with Gasteiger partial charge in [0.1, 0.15) is 0 Å². The van der Waals surface area contributed by atoms with Gasteiger partial charge >= 0.3 is 0 Å².